The number of amides is 1. The number of aryl methyl sites for hydroxylation is 2. The molecule has 0 radical (unpaired) electrons. The van der Waals surface area contributed by atoms with Crippen LogP contribution < -0.4 is 5.32 Å². The molecule has 2 heterocycles. The van der Waals surface area contributed by atoms with Crippen molar-refractivity contribution in [1.82, 2.24) is 19.6 Å². The number of aromatic nitrogens is 4. The van der Waals surface area contributed by atoms with E-state index < -0.39 is 16.1 Å². The van der Waals surface area contributed by atoms with Crippen molar-refractivity contribution in [2.24, 2.45) is 0 Å². The molecule has 9 nitrogen and oxygen atoms in total. The molecular formula is C25H20N6O3S. The van der Waals surface area contributed by atoms with Gasteiger partial charge in [0.05, 0.1) is 10.4 Å². The molecule has 1 unspecified atom stereocenters. The van der Waals surface area contributed by atoms with Crippen molar-refractivity contribution in [3.8, 4) is 0 Å². The van der Waals surface area contributed by atoms with E-state index in [9.17, 15) is 14.9 Å². The predicted octanol–water partition coefficient (Wildman–Crippen LogP) is 5.27. The summed E-state index contributed by atoms with van der Waals surface area (Å²) in [5.74, 6) is 0.175. The van der Waals surface area contributed by atoms with Gasteiger partial charge in [0.25, 0.3) is 5.69 Å². The molecule has 10 heteroatoms. The number of nitro benzene ring substituents is 1. The second-order valence-corrected chi connectivity index (χ2v) is 9.05. The van der Waals surface area contributed by atoms with E-state index in [-0.39, 0.29) is 11.4 Å². The number of nitrogens with one attached hydrogen (secondary N) is 1. The molecule has 0 saturated heterocycles. The number of hydrogen-bond donors (Lipinski definition) is 1. The second-order valence-electron chi connectivity index (χ2n) is 7.98. The summed E-state index contributed by atoms with van der Waals surface area (Å²) in [6.07, 6.45) is 0. The Morgan fingerprint density at radius 3 is 2.54 bits per heavy atom. The maximum atomic E-state index is 13.6. The number of para-hydroxylation sites is 1. The molecular weight excluding hydrogens is 464 g/mol. The average Bonchev–Trinajstić information content (AvgIpc) is 3.25. The fourth-order valence-corrected chi connectivity index (χ4v) is 4.86. The van der Waals surface area contributed by atoms with Crippen molar-refractivity contribution in [1.29, 1.82) is 0 Å². The van der Waals surface area contributed by atoms with E-state index in [1.165, 1.54) is 17.8 Å². The number of benzene rings is 3. The van der Waals surface area contributed by atoms with Crippen LogP contribution in [0, 0.1) is 24.0 Å². The predicted molar refractivity (Wildman–Crippen MR) is 135 cm³/mol. The topological polar surface area (TPSA) is 115 Å². The van der Waals surface area contributed by atoms with Gasteiger partial charge in [0.2, 0.25) is 5.91 Å². The van der Waals surface area contributed by atoms with Gasteiger partial charge in [-0.1, -0.05) is 60.3 Å². The molecule has 1 atom stereocenters. The van der Waals surface area contributed by atoms with Crippen LogP contribution in [0.2, 0.25) is 0 Å². The van der Waals surface area contributed by atoms with Crippen LogP contribution in [0.1, 0.15) is 22.2 Å². The number of fused-ring (bicyclic) bond motifs is 3. The molecule has 0 fully saturated rings. The van der Waals surface area contributed by atoms with Gasteiger partial charge in [0.15, 0.2) is 10.8 Å². The lowest BCUT2D eigenvalue weighted by Crippen LogP contribution is -2.20. The van der Waals surface area contributed by atoms with E-state index in [4.69, 9.17) is 4.98 Å². The number of rotatable bonds is 6. The van der Waals surface area contributed by atoms with Crippen LogP contribution >= 0.6 is 11.8 Å². The van der Waals surface area contributed by atoms with Crippen LogP contribution in [-0.2, 0) is 4.79 Å². The molecule has 1 N–H and O–H groups in total. The van der Waals surface area contributed by atoms with Gasteiger partial charge in [-0.05, 0) is 43.2 Å². The van der Waals surface area contributed by atoms with Crippen LogP contribution in [0.15, 0.2) is 78.0 Å². The van der Waals surface area contributed by atoms with Gasteiger partial charge in [0, 0.05) is 11.5 Å². The molecule has 0 aliphatic heterocycles. The Kier molecular flexibility index (Phi) is 5.87. The zero-order valence-corrected chi connectivity index (χ0v) is 19.7. The third-order valence-corrected chi connectivity index (χ3v) is 6.62. The first-order chi connectivity index (χ1) is 16.9. The molecule has 5 aromatic rings. The lowest BCUT2D eigenvalue weighted by atomic mass is 10.1. The fraction of sp³-hybridized carbons (Fsp3) is 0.120. The van der Waals surface area contributed by atoms with Gasteiger partial charge in [0.1, 0.15) is 16.8 Å². The Balaban J connectivity index is 1.58. The summed E-state index contributed by atoms with van der Waals surface area (Å²) < 4.78 is 1.64. The fourth-order valence-electron chi connectivity index (χ4n) is 3.81. The lowest BCUT2D eigenvalue weighted by molar-refractivity contribution is -0.384. The first-order valence-corrected chi connectivity index (χ1v) is 11.7. The van der Waals surface area contributed by atoms with E-state index in [1.54, 1.807) is 30.5 Å². The number of anilines is 1. The monoisotopic (exact) mass is 484 g/mol. The highest BCUT2D eigenvalue weighted by molar-refractivity contribution is 8.00. The summed E-state index contributed by atoms with van der Waals surface area (Å²) in [7, 11) is 0. The third-order valence-electron chi connectivity index (χ3n) is 5.43. The number of nitrogens with zero attached hydrogens (tertiary/aromatic N) is 5. The smallest absolute Gasteiger partial charge is 0.293 e. The normalized spacial score (nSPS) is 12.1. The third kappa shape index (κ3) is 4.43. The van der Waals surface area contributed by atoms with Gasteiger partial charge in [-0.25, -0.2) is 9.97 Å². The molecule has 2 aromatic heterocycles. The van der Waals surface area contributed by atoms with Crippen molar-refractivity contribution in [2.45, 2.75) is 24.3 Å². The molecule has 0 aliphatic rings. The molecule has 0 saturated carbocycles. The van der Waals surface area contributed by atoms with E-state index in [0.717, 1.165) is 22.0 Å². The highest BCUT2D eigenvalue weighted by atomic mass is 32.2. The second kappa shape index (κ2) is 9.15. The number of thioether (sulfide) groups is 1. The maximum Gasteiger partial charge on any atom is 0.293 e. The largest absolute Gasteiger partial charge is 0.319 e. The van der Waals surface area contributed by atoms with Crippen LogP contribution in [-0.4, -0.2) is 30.4 Å². The Morgan fingerprint density at radius 1 is 1.03 bits per heavy atom. The molecule has 3 aromatic carbocycles. The van der Waals surface area contributed by atoms with Crippen LogP contribution in [0.4, 0.5) is 11.4 Å². The molecule has 5 rings (SSSR count). The van der Waals surface area contributed by atoms with E-state index in [2.05, 4.69) is 15.4 Å². The van der Waals surface area contributed by atoms with E-state index in [1.807, 2.05) is 54.6 Å². The maximum absolute atomic E-state index is 13.6. The van der Waals surface area contributed by atoms with E-state index in [0.29, 0.717) is 16.6 Å². The van der Waals surface area contributed by atoms with Crippen LogP contribution in [0.25, 0.3) is 16.6 Å². The summed E-state index contributed by atoms with van der Waals surface area (Å²) in [4.78, 5) is 34.0. The van der Waals surface area contributed by atoms with Gasteiger partial charge in [-0.3, -0.25) is 14.9 Å². The van der Waals surface area contributed by atoms with Gasteiger partial charge < -0.3 is 5.32 Å². The molecule has 0 spiro atoms. The van der Waals surface area contributed by atoms with Crippen molar-refractivity contribution in [2.75, 3.05) is 5.32 Å². The Hall–Kier alpha value is -4.31. The van der Waals surface area contributed by atoms with Crippen molar-refractivity contribution < 1.29 is 9.72 Å². The Labute approximate surface area is 204 Å². The minimum absolute atomic E-state index is 0.139. The quantitative estimate of drug-likeness (QED) is 0.151. The Morgan fingerprint density at radius 2 is 1.77 bits per heavy atom. The van der Waals surface area contributed by atoms with Gasteiger partial charge in [-0.2, -0.15) is 4.52 Å². The first kappa shape index (κ1) is 22.5. The highest BCUT2D eigenvalue weighted by Gasteiger charge is 2.27. The SMILES string of the molecule is Cc1ccc(NC(=O)C(Sc2nc3ccccc3c3nc(C)nn23)c2ccccc2)c([N+](=O)[O-])c1. The van der Waals surface area contributed by atoms with Crippen molar-refractivity contribution in [3.63, 3.8) is 0 Å². The number of hydrogen-bond acceptors (Lipinski definition) is 7. The van der Waals surface area contributed by atoms with Gasteiger partial charge >= 0.3 is 0 Å². The Bertz CT molecular complexity index is 1590. The first-order valence-electron chi connectivity index (χ1n) is 10.8. The zero-order chi connectivity index (χ0) is 24.5. The molecule has 0 aliphatic carbocycles. The summed E-state index contributed by atoms with van der Waals surface area (Å²) in [5.41, 5.74) is 2.82. The lowest BCUT2D eigenvalue weighted by Gasteiger charge is -2.17. The molecule has 174 valence electrons. The molecule has 35 heavy (non-hydrogen) atoms. The molecule has 0 bridgehead atoms. The zero-order valence-electron chi connectivity index (χ0n) is 18.9. The van der Waals surface area contributed by atoms with Crippen molar-refractivity contribution in [3.05, 3.63) is 99.9 Å². The van der Waals surface area contributed by atoms with Gasteiger partial charge in [-0.15, -0.1) is 5.10 Å². The summed E-state index contributed by atoms with van der Waals surface area (Å²) in [6.45, 7) is 3.56. The summed E-state index contributed by atoms with van der Waals surface area (Å²) in [6, 6.07) is 21.5. The summed E-state index contributed by atoms with van der Waals surface area (Å²) in [5, 5.41) is 19.4. The summed E-state index contributed by atoms with van der Waals surface area (Å²) >= 11 is 1.21. The van der Waals surface area contributed by atoms with Crippen LogP contribution in [0.3, 0.4) is 0 Å². The minimum atomic E-state index is -0.751. The average molecular weight is 485 g/mol. The molecule has 1 amide bonds. The number of carbonyl (C=O) groups excluding carboxylic acids is 1. The minimum Gasteiger partial charge on any atom is -0.319 e. The van der Waals surface area contributed by atoms with Crippen molar-refractivity contribution >= 4 is 45.6 Å². The standard InChI is InChI=1S/C25H20N6O3S/c1-15-12-13-20(21(14-15)31(33)34)27-24(32)22(17-8-4-3-5-9-17)35-25-28-19-11-7-6-10-18(19)23-26-16(2)29-30(23)25/h3-14,22H,1-2H3,(H,27,32). The van der Waals surface area contributed by atoms with E-state index >= 15 is 0 Å². The number of carbonyl (C=O) groups is 1. The van der Waals surface area contributed by atoms with Crippen LogP contribution in [0.5, 0.6) is 0 Å². The highest BCUT2D eigenvalue weighted by Crippen LogP contribution is 2.37. The number of nitro groups is 1.